The number of nitrogens with two attached hydrogens (primary N) is 1. The molecular formula is C11H17IN4O3. The van der Waals surface area contributed by atoms with Gasteiger partial charge in [0.05, 0.1) is 6.54 Å². The van der Waals surface area contributed by atoms with Crippen LogP contribution in [-0.4, -0.2) is 39.8 Å². The van der Waals surface area contributed by atoms with Gasteiger partial charge in [-0.05, 0) is 43.4 Å². The Balaban J connectivity index is 2.32. The summed E-state index contributed by atoms with van der Waals surface area (Å²) >= 11 is 2.10. The van der Waals surface area contributed by atoms with Crippen LogP contribution in [0.4, 0.5) is 4.79 Å². The number of carbonyl (C=O) groups excluding carboxylic acids is 1. The summed E-state index contributed by atoms with van der Waals surface area (Å²) in [6.45, 7) is 5.69. The fraction of sp³-hybridized carbons (Fsp3) is 0.545. The van der Waals surface area contributed by atoms with Gasteiger partial charge >= 0.3 is 12.1 Å². The summed E-state index contributed by atoms with van der Waals surface area (Å²) in [4.78, 5) is 19.5. The van der Waals surface area contributed by atoms with Gasteiger partial charge in [0.25, 0.3) is 0 Å². The average Bonchev–Trinajstić information content (AvgIpc) is 2.29. The van der Waals surface area contributed by atoms with Crippen molar-refractivity contribution in [2.75, 3.05) is 13.2 Å². The van der Waals surface area contributed by atoms with Crippen LogP contribution in [0.15, 0.2) is 12.4 Å². The molecule has 1 amide bonds. The van der Waals surface area contributed by atoms with E-state index in [0.29, 0.717) is 0 Å². The predicted molar refractivity (Wildman–Crippen MR) is 77.4 cm³/mol. The van der Waals surface area contributed by atoms with E-state index in [1.807, 2.05) is 0 Å². The van der Waals surface area contributed by atoms with Crippen LogP contribution >= 0.6 is 22.6 Å². The second-order valence-corrected chi connectivity index (χ2v) is 5.95. The summed E-state index contributed by atoms with van der Waals surface area (Å²) in [5.41, 5.74) is -0.575. The zero-order chi connectivity index (χ0) is 14.5. The number of hydrazine groups is 1. The van der Waals surface area contributed by atoms with Gasteiger partial charge in [0, 0.05) is 16.0 Å². The van der Waals surface area contributed by atoms with Crippen molar-refractivity contribution in [3.05, 3.63) is 16.0 Å². The van der Waals surface area contributed by atoms with Crippen molar-refractivity contribution in [3.8, 4) is 6.01 Å². The Morgan fingerprint density at radius 1 is 1.42 bits per heavy atom. The van der Waals surface area contributed by atoms with Crippen molar-refractivity contribution in [1.29, 1.82) is 0 Å². The Morgan fingerprint density at radius 2 is 2.00 bits per heavy atom. The van der Waals surface area contributed by atoms with Gasteiger partial charge in [-0.3, -0.25) is 0 Å². The third-order valence-electron chi connectivity index (χ3n) is 1.79. The number of halogens is 1. The summed E-state index contributed by atoms with van der Waals surface area (Å²) in [5.74, 6) is 5.55. The number of carbonyl (C=O) groups is 1. The molecule has 0 saturated heterocycles. The predicted octanol–water partition coefficient (Wildman–Crippen LogP) is 1.57. The van der Waals surface area contributed by atoms with Crippen molar-refractivity contribution in [3.63, 3.8) is 0 Å². The normalized spacial score (nSPS) is 11.0. The lowest BCUT2D eigenvalue weighted by Crippen LogP contribution is -2.43. The molecule has 106 valence electrons. The third-order valence-corrected chi connectivity index (χ3v) is 2.35. The summed E-state index contributed by atoms with van der Waals surface area (Å²) in [6, 6.07) is 0.248. The van der Waals surface area contributed by atoms with Crippen LogP contribution in [0, 0.1) is 3.57 Å². The van der Waals surface area contributed by atoms with E-state index >= 15 is 0 Å². The molecule has 2 N–H and O–H groups in total. The first kappa shape index (κ1) is 15.9. The van der Waals surface area contributed by atoms with Gasteiger partial charge in [0.2, 0.25) is 0 Å². The summed E-state index contributed by atoms with van der Waals surface area (Å²) in [5, 5.41) is 0.956. The molecule has 0 unspecified atom stereocenters. The largest absolute Gasteiger partial charge is 0.462 e. The fourth-order valence-corrected chi connectivity index (χ4v) is 1.30. The highest BCUT2D eigenvalue weighted by Gasteiger charge is 2.19. The summed E-state index contributed by atoms with van der Waals surface area (Å²) < 4.78 is 11.3. The Labute approximate surface area is 125 Å². The first-order chi connectivity index (χ1) is 8.78. The highest BCUT2D eigenvalue weighted by atomic mass is 127. The van der Waals surface area contributed by atoms with Gasteiger partial charge in [0.1, 0.15) is 12.2 Å². The van der Waals surface area contributed by atoms with Crippen LogP contribution in [0.3, 0.4) is 0 Å². The highest BCUT2D eigenvalue weighted by molar-refractivity contribution is 14.1. The molecule has 1 rings (SSSR count). The Hall–Kier alpha value is -1.16. The summed E-state index contributed by atoms with van der Waals surface area (Å²) in [7, 11) is 0. The molecule has 0 fully saturated rings. The second-order valence-electron chi connectivity index (χ2n) is 4.71. The van der Waals surface area contributed by atoms with E-state index in [0.717, 1.165) is 8.58 Å². The maximum Gasteiger partial charge on any atom is 0.424 e. The van der Waals surface area contributed by atoms with Gasteiger partial charge in [-0.2, -0.15) is 0 Å². The SMILES string of the molecule is CC(C)(C)OC(=O)N(N)CCOc1ncc(I)cn1. The maximum absolute atomic E-state index is 11.5. The Morgan fingerprint density at radius 3 is 2.53 bits per heavy atom. The zero-order valence-electron chi connectivity index (χ0n) is 11.1. The molecule has 0 aliphatic rings. The van der Waals surface area contributed by atoms with Crippen LogP contribution in [-0.2, 0) is 4.74 Å². The minimum absolute atomic E-state index is 0.185. The van der Waals surface area contributed by atoms with Crippen molar-refractivity contribution in [1.82, 2.24) is 15.0 Å². The number of amides is 1. The smallest absolute Gasteiger partial charge is 0.424 e. The monoisotopic (exact) mass is 380 g/mol. The molecule has 7 nitrogen and oxygen atoms in total. The van der Waals surface area contributed by atoms with Gasteiger partial charge < -0.3 is 9.47 Å². The molecule has 0 bridgehead atoms. The van der Waals surface area contributed by atoms with E-state index in [1.165, 1.54) is 0 Å². The van der Waals surface area contributed by atoms with Gasteiger partial charge in [-0.25, -0.2) is 25.6 Å². The molecule has 0 aromatic carbocycles. The standard InChI is InChI=1S/C11H17IN4O3/c1-11(2,3)19-10(17)16(13)4-5-18-9-14-6-8(12)7-15-9/h6-7H,4-5,13H2,1-3H3. The van der Waals surface area contributed by atoms with E-state index in [2.05, 4.69) is 32.6 Å². The molecule has 8 heteroatoms. The molecule has 19 heavy (non-hydrogen) atoms. The van der Waals surface area contributed by atoms with E-state index in [1.54, 1.807) is 33.2 Å². The van der Waals surface area contributed by atoms with Crippen molar-refractivity contribution < 1.29 is 14.3 Å². The van der Waals surface area contributed by atoms with Crippen LogP contribution in [0.2, 0.25) is 0 Å². The Bertz CT molecular complexity index is 419. The first-order valence-electron chi connectivity index (χ1n) is 5.63. The Kier molecular flexibility index (Phi) is 5.73. The molecule has 0 aliphatic heterocycles. The van der Waals surface area contributed by atoms with Crippen molar-refractivity contribution >= 4 is 28.7 Å². The van der Waals surface area contributed by atoms with Gasteiger partial charge in [-0.1, -0.05) is 0 Å². The van der Waals surface area contributed by atoms with Crippen LogP contribution in [0.1, 0.15) is 20.8 Å². The van der Waals surface area contributed by atoms with E-state index in [-0.39, 0.29) is 19.2 Å². The highest BCUT2D eigenvalue weighted by Crippen LogP contribution is 2.08. The minimum Gasteiger partial charge on any atom is -0.462 e. The maximum atomic E-state index is 11.5. The quantitative estimate of drug-likeness (QED) is 0.369. The first-order valence-corrected chi connectivity index (χ1v) is 6.71. The number of hydrogen-bond donors (Lipinski definition) is 1. The van der Waals surface area contributed by atoms with Crippen LogP contribution in [0.25, 0.3) is 0 Å². The lowest BCUT2D eigenvalue weighted by molar-refractivity contribution is 0.0222. The number of aromatic nitrogens is 2. The molecule has 1 aromatic heterocycles. The number of rotatable bonds is 4. The number of ether oxygens (including phenoxy) is 2. The van der Waals surface area contributed by atoms with Gasteiger partial charge in [0.15, 0.2) is 0 Å². The lowest BCUT2D eigenvalue weighted by atomic mass is 10.2. The van der Waals surface area contributed by atoms with E-state index in [9.17, 15) is 4.79 Å². The molecule has 1 aromatic rings. The van der Waals surface area contributed by atoms with E-state index < -0.39 is 11.7 Å². The molecule has 1 heterocycles. The number of nitrogens with zero attached hydrogens (tertiary/aromatic N) is 3. The molecule has 0 atom stereocenters. The molecule has 0 saturated carbocycles. The van der Waals surface area contributed by atoms with E-state index in [4.69, 9.17) is 15.3 Å². The topological polar surface area (TPSA) is 90.6 Å². The molecule has 0 radical (unpaired) electrons. The van der Waals surface area contributed by atoms with Crippen LogP contribution in [0.5, 0.6) is 6.01 Å². The molecular weight excluding hydrogens is 363 g/mol. The molecule has 0 aliphatic carbocycles. The zero-order valence-corrected chi connectivity index (χ0v) is 13.2. The van der Waals surface area contributed by atoms with Crippen molar-refractivity contribution in [2.45, 2.75) is 26.4 Å². The molecule has 0 spiro atoms. The van der Waals surface area contributed by atoms with Gasteiger partial charge in [-0.15, -0.1) is 0 Å². The fourth-order valence-electron chi connectivity index (χ4n) is 1.02. The average molecular weight is 380 g/mol. The van der Waals surface area contributed by atoms with Crippen molar-refractivity contribution in [2.24, 2.45) is 5.84 Å². The lowest BCUT2D eigenvalue weighted by Gasteiger charge is -2.24. The second kappa shape index (κ2) is 6.85. The number of hydrogen-bond acceptors (Lipinski definition) is 6. The third kappa shape index (κ3) is 6.53. The summed E-state index contributed by atoms with van der Waals surface area (Å²) in [6.07, 6.45) is 2.67. The van der Waals surface area contributed by atoms with Crippen LogP contribution < -0.4 is 10.6 Å². The minimum atomic E-state index is -0.598.